The second-order valence-electron chi connectivity index (χ2n) is 4.30. The molecule has 1 nitrogen and oxygen atoms in total. The molecule has 3 rings (SSSR count). The number of rotatable bonds is 0. The first-order valence-electron chi connectivity index (χ1n) is 5.27. The number of fused-ring (bicyclic) bond motifs is 3. The van der Waals surface area contributed by atoms with E-state index in [1.165, 1.54) is 6.07 Å². The van der Waals surface area contributed by atoms with Crippen molar-refractivity contribution in [3.05, 3.63) is 41.2 Å². The van der Waals surface area contributed by atoms with Crippen LogP contribution in [0.15, 0.2) is 24.3 Å². The van der Waals surface area contributed by atoms with Crippen molar-refractivity contribution in [1.82, 2.24) is 0 Å². The fourth-order valence-corrected chi connectivity index (χ4v) is 2.53. The van der Waals surface area contributed by atoms with Crippen LogP contribution in [-0.2, 0) is 4.79 Å². The van der Waals surface area contributed by atoms with E-state index in [-0.39, 0.29) is 23.4 Å². The summed E-state index contributed by atoms with van der Waals surface area (Å²) in [7, 11) is 0. The van der Waals surface area contributed by atoms with E-state index in [2.05, 4.69) is 0 Å². The molecule has 1 aromatic rings. The van der Waals surface area contributed by atoms with Crippen molar-refractivity contribution in [2.24, 2.45) is 5.92 Å². The van der Waals surface area contributed by atoms with E-state index in [0.29, 0.717) is 0 Å². The summed E-state index contributed by atoms with van der Waals surface area (Å²) in [6.45, 7) is 0. The molecule has 2 aliphatic carbocycles. The Hall–Kier alpha value is -1.44. The standard InChI is InChI=1S/C13H11FO/c14-9-3-1-8-2-6-13(15)11-5-4-10(11)12(8)7-9/h1-3,6-7,10-11H,4-5H2/t10?,11-/m0/s1. The first-order valence-corrected chi connectivity index (χ1v) is 5.27. The van der Waals surface area contributed by atoms with E-state index in [4.69, 9.17) is 0 Å². The Labute approximate surface area is 87.6 Å². The minimum absolute atomic E-state index is 0.101. The number of carbonyl (C=O) groups is 1. The summed E-state index contributed by atoms with van der Waals surface area (Å²) in [5.74, 6) is 0.340. The average Bonchev–Trinajstić information content (AvgIpc) is 2.22. The number of hydrogen-bond donors (Lipinski definition) is 0. The monoisotopic (exact) mass is 202 g/mol. The zero-order valence-corrected chi connectivity index (χ0v) is 8.24. The first-order chi connectivity index (χ1) is 7.25. The van der Waals surface area contributed by atoms with Crippen molar-refractivity contribution >= 4 is 11.9 Å². The van der Waals surface area contributed by atoms with Gasteiger partial charge in [0.15, 0.2) is 5.78 Å². The molecule has 1 fully saturated rings. The van der Waals surface area contributed by atoms with Gasteiger partial charge in [-0.05, 0) is 48.1 Å². The molecule has 0 N–H and O–H groups in total. The van der Waals surface area contributed by atoms with Gasteiger partial charge in [0.25, 0.3) is 0 Å². The lowest BCUT2D eigenvalue weighted by Gasteiger charge is -2.34. The largest absolute Gasteiger partial charge is 0.295 e. The molecule has 2 aliphatic rings. The SMILES string of the molecule is O=C1C=Cc2ccc(F)cc2C2CC[C@H]12. The van der Waals surface area contributed by atoms with E-state index in [1.807, 2.05) is 6.08 Å². The molecule has 2 heteroatoms. The first kappa shape index (κ1) is 8.84. The van der Waals surface area contributed by atoms with Crippen LogP contribution in [-0.4, -0.2) is 5.78 Å². The van der Waals surface area contributed by atoms with Gasteiger partial charge in [0, 0.05) is 5.92 Å². The highest BCUT2D eigenvalue weighted by molar-refractivity contribution is 5.98. The summed E-state index contributed by atoms with van der Waals surface area (Å²) in [4.78, 5) is 11.6. The summed E-state index contributed by atoms with van der Waals surface area (Å²) in [6, 6.07) is 4.79. The fourth-order valence-electron chi connectivity index (χ4n) is 2.53. The molecule has 1 unspecified atom stereocenters. The minimum atomic E-state index is -0.206. The maximum atomic E-state index is 13.1. The van der Waals surface area contributed by atoms with Crippen molar-refractivity contribution in [2.45, 2.75) is 18.8 Å². The Morgan fingerprint density at radius 2 is 1.93 bits per heavy atom. The minimum Gasteiger partial charge on any atom is -0.295 e. The van der Waals surface area contributed by atoms with Crippen LogP contribution in [0.4, 0.5) is 4.39 Å². The number of allylic oxidation sites excluding steroid dienone is 1. The van der Waals surface area contributed by atoms with Gasteiger partial charge in [-0.3, -0.25) is 4.79 Å². The summed E-state index contributed by atoms with van der Waals surface area (Å²) < 4.78 is 13.1. The highest BCUT2D eigenvalue weighted by Gasteiger charge is 2.38. The van der Waals surface area contributed by atoms with Crippen molar-refractivity contribution in [1.29, 1.82) is 0 Å². The van der Waals surface area contributed by atoms with Gasteiger partial charge in [-0.15, -0.1) is 0 Å². The number of hydrogen-bond acceptors (Lipinski definition) is 1. The van der Waals surface area contributed by atoms with Crippen molar-refractivity contribution < 1.29 is 9.18 Å². The van der Waals surface area contributed by atoms with Crippen LogP contribution >= 0.6 is 0 Å². The normalized spacial score (nSPS) is 27.7. The predicted molar refractivity (Wildman–Crippen MR) is 55.9 cm³/mol. The molecule has 1 aromatic carbocycles. The van der Waals surface area contributed by atoms with Gasteiger partial charge in [0.1, 0.15) is 5.82 Å². The van der Waals surface area contributed by atoms with Gasteiger partial charge in [0.05, 0.1) is 0 Å². The maximum absolute atomic E-state index is 13.1. The third-order valence-electron chi connectivity index (χ3n) is 3.52. The summed E-state index contributed by atoms with van der Waals surface area (Å²) in [5.41, 5.74) is 2.00. The van der Waals surface area contributed by atoms with Crippen LogP contribution in [0.2, 0.25) is 0 Å². The fraction of sp³-hybridized carbons (Fsp3) is 0.308. The van der Waals surface area contributed by atoms with Gasteiger partial charge in [-0.25, -0.2) is 4.39 Å². The lowest BCUT2D eigenvalue weighted by atomic mass is 9.68. The van der Waals surface area contributed by atoms with E-state index in [1.54, 1.807) is 18.2 Å². The molecule has 0 spiro atoms. The van der Waals surface area contributed by atoms with Crippen LogP contribution < -0.4 is 0 Å². The van der Waals surface area contributed by atoms with E-state index in [9.17, 15) is 9.18 Å². The van der Waals surface area contributed by atoms with Crippen molar-refractivity contribution in [3.8, 4) is 0 Å². The molecule has 76 valence electrons. The second-order valence-corrected chi connectivity index (χ2v) is 4.30. The van der Waals surface area contributed by atoms with E-state index < -0.39 is 0 Å². The Bertz CT molecular complexity index is 462. The third kappa shape index (κ3) is 1.24. The highest BCUT2D eigenvalue weighted by atomic mass is 19.1. The highest BCUT2D eigenvalue weighted by Crippen LogP contribution is 2.46. The molecule has 15 heavy (non-hydrogen) atoms. The predicted octanol–water partition coefficient (Wildman–Crippen LogP) is 2.92. The van der Waals surface area contributed by atoms with E-state index >= 15 is 0 Å². The van der Waals surface area contributed by atoms with Crippen molar-refractivity contribution in [3.63, 3.8) is 0 Å². The zero-order valence-electron chi connectivity index (χ0n) is 8.24. The molecule has 0 radical (unpaired) electrons. The van der Waals surface area contributed by atoms with Crippen LogP contribution in [0.1, 0.15) is 29.9 Å². The van der Waals surface area contributed by atoms with E-state index in [0.717, 1.165) is 24.0 Å². The van der Waals surface area contributed by atoms with Gasteiger partial charge in [-0.1, -0.05) is 12.1 Å². The Morgan fingerprint density at radius 1 is 1.13 bits per heavy atom. The van der Waals surface area contributed by atoms with Crippen LogP contribution in [0, 0.1) is 11.7 Å². The number of ketones is 1. The molecule has 1 saturated carbocycles. The van der Waals surface area contributed by atoms with Crippen LogP contribution in [0.5, 0.6) is 0 Å². The van der Waals surface area contributed by atoms with Gasteiger partial charge in [-0.2, -0.15) is 0 Å². The lowest BCUT2D eigenvalue weighted by Crippen LogP contribution is -2.29. The molecule has 2 atom stereocenters. The summed E-state index contributed by atoms with van der Waals surface area (Å²) in [5, 5.41) is 0. The van der Waals surface area contributed by atoms with Gasteiger partial charge < -0.3 is 0 Å². The average molecular weight is 202 g/mol. The lowest BCUT2D eigenvalue weighted by molar-refractivity contribution is -0.121. The zero-order chi connectivity index (χ0) is 10.4. The van der Waals surface area contributed by atoms with Gasteiger partial charge in [0.2, 0.25) is 0 Å². The molecule has 0 saturated heterocycles. The molecular formula is C13H11FO. The topological polar surface area (TPSA) is 17.1 Å². The van der Waals surface area contributed by atoms with Crippen molar-refractivity contribution in [2.75, 3.05) is 0 Å². The molecule has 0 aromatic heterocycles. The Kier molecular flexibility index (Phi) is 1.78. The second kappa shape index (κ2) is 3.02. The molecule has 0 amide bonds. The molecular weight excluding hydrogens is 191 g/mol. The third-order valence-corrected chi connectivity index (χ3v) is 3.52. The molecule has 0 bridgehead atoms. The number of benzene rings is 1. The molecule has 0 heterocycles. The van der Waals surface area contributed by atoms with Crippen LogP contribution in [0.3, 0.4) is 0 Å². The smallest absolute Gasteiger partial charge is 0.159 e. The summed E-state index contributed by atoms with van der Waals surface area (Å²) in [6.07, 6.45) is 5.41. The number of halogens is 1. The Morgan fingerprint density at radius 3 is 2.67 bits per heavy atom. The number of carbonyl (C=O) groups excluding carboxylic acids is 1. The summed E-state index contributed by atoms with van der Waals surface area (Å²) >= 11 is 0. The quantitative estimate of drug-likeness (QED) is 0.632. The molecule has 0 aliphatic heterocycles. The van der Waals surface area contributed by atoms with Gasteiger partial charge >= 0.3 is 0 Å². The maximum Gasteiger partial charge on any atom is 0.159 e. The van der Waals surface area contributed by atoms with Crippen LogP contribution in [0.25, 0.3) is 6.08 Å². The Balaban J connectivity index is 2.15.